The van der Waals surface area contributed by atoms with Crippen LogP contribution < -0.4 is 0 Å². The fourth-order valence-corrected chi connectivity index (χ4v) is 8.89. The van der Waals surface area contributed by atoms with Crippen LogP contribution in [0.15, 0.2) is 97.2 Å². The summed E-state index contributed by atoms with van der Waals surface area (Å²) >= 11 is 0. The van der Waals surface area contributed by atoms with Crippen molar-refractivity contribution in [2.75, 3.05) is 13.2 Å². The molecule has 12 heteroatoms. The molecule has 0 aromatic rings. The van der Waals surface area contributed by atoms with Gasteiger partial charge in [-0.2, -0.15) is 0 Å². The molecule has 0 aliphatic carbocycles. The number of aliphatic hydroxyl groups is 2. The maximum Gasteiger partial charge on any atom is 0.335 e. The highest BCUT2D eigenvalue weighted by molar-refractivity contribution is 5.74. The number of allylic oxidation sites excluding steroid dienone is 16. The average molecular weight is 1110 g/mol. The van der Waals surface area contributed by atoms with Gasteiger partial charge >= 0.3 is 23.9 Å². The highest BCUT2D eigenvalue weighted by Crippen LogP contribution is 2.26. The number of carboxylic acids is 1. The average Bonchev–Trinajstić information content (AvgIpc) is 3.47. The normalized spacial score (nSPS) is 18.5. The fraction of sp³-hybridized carbons (Fsp3) is 0.701. The Kier molecular flexibility index (Phi) is 49.9. The minimum absolute atomic E-state index is 0.0517. The van der Waals surface area contributed by atoms with Gasteiger partial charge in [0, 0.05) is 19.3 Å². The molecule has 79 heavy (non-hydrogen) atoms. The summed E-state index contributed by atoms with van der Waals surface area (Å²) in [5.74, 6) is -3.23. The molecule has 0 bridgehead atoms. The van der Waals surface area contributed by atoms with Crippen LogP contribution in [0.3, 0.4) is 0 Å². The van der Waals surface area contributed by atoms with Gasteiger partial charge in [-0.05, 0) is 89.9 Å². The zero-order valence-corrected chi connectivity index (χ0v) is 49.6. The van der Waals surface area contributed by atoms with Crippen LogP contribution in [-0.4, -0.2) is 89.2 Å². The molecule has 1 fully saturated rings. The summed E-state index contributed by atoms with van der Waals surface area (Å²) in [5, 5.41) is 31.5. The van der Waals surface area contributed by atoms with Crippen molar-refractivity contribution < 1.29 is 58.2 Å². The van der Waals surface area contributed by atoms with Crippen LogP contribution in [0.5, 0.6) is 0 Å². The molecule has 0 amide bonds. The summed E-state index contributed by atoms with van der Waals surface area (Å²) < 4.78 is 28.4. The predicted molar refractivity (Wildman–Crippen MR) is 321 cm³/mol. The van der Waals surface area contributed by atoms with Crippen molar-refractivity contribution in [1.82, 2.24) is 0 Å². The number of carboxylic acid groups (broad SMARTS) is 1. The summed E-state index contributed by atoms with van der Waals surface area (Å²) in [6, 6.07) is 0. The summed E-state index contributed by atoms with van der Waals surface area (Å²) in [6.07, 6.45) is 59.6. The largest absolute Gasteiger partial charge is 0.479 e. The molecule has 1 saturated heterocycles. The predicted octanol–water partition coefficient (Wildman–Crippen LogP) is 16.5. The summed E-state index contributed by atoms with van der Waals surface area (Å²) in [5.41, 5.74) is 0. The number of aliphatic carboxylic acids is 1. The molecule has 0 aromatic heterocycles. The highest BCUT2D eigenvalue weighted by atomic mass is 16.7. The third-order valence-electron chi connectivity index (χ3n) is 13.7. The zero-order chi connectivity index (χ0) is 57.5. The number of esters is 3. The van der Waals surface area contributed by atoms with Crippen molar-refractivity contribution in [3.05, 3.63) is 97.2 Å². The Hall–Kier alpha value is -4.36. The Morgan fingerprint density at radius 3 is 1.29 bits per heavy atom. The van der Waals surface area contributed by atoms with Gasteiger partial charge in [0.05, 0.1) is 6.61 Å². The Labute approximate surface area is 479 Å². The van der Waals surface area contributed by atoms with Crippen molar-refractivity contribution in [2.45, 2.75) is 289 Å². The molecular formula is C67H110O12. The van der Waals surface area contributed by atoms with Gasteiger partial charge in [0.1, 0.15) is 18.8 Å². The highest BCUT2D eigenvalue weighted by Gasteiger charge is 2.50. The lowest BCUT2D eigenvalue weighted by Gasteiger charge is -2.40. The number of aliphatic hydroxyl groups excluding tert-OH is 2. The van der Waals surface area contributed by atoms with Crippen molar-refractivity contribution in [3.8, 4) is 0 Å². The quantitative estimate of drug-likeness (QED) is 0.0228. The maximum absolute atomic E-state index is 13.2. The first-order chi connectivity index (χ1) is 38.6. The first-order valence-corrected chi connectivity index (χ1v) is 31.2. The minimum atomic E-state index is -1.91. The van der Waals surface area contributed by atoms with Crippen molar-refractivity contribution >= 4 is 23.9 Å². The van der Waals surface area contributed by atoms with E-state index < -0.39 is 67.3 Å². The van der Waals surface area contributed by atoms with E-state index >= 15 is 0 Å². The molecule has 450 valence electrons. The molecular weight excluding hydrogens is 997 g/mol. The topological polar surface area (TPSA) is 175 Å². The van der Waals surface area contributed by atoms with Crippen LogP contribution in [0.25, 0.3) is 0 Å². The van der Waals surface area contributed by atoms with E-state index in [1.54, 1.807) is 0 Å². The van der Waals surface area contributed by atoms with E-state index in [-0.39, 0.29) is 25.9 Å². The van der Waals surface area contributed by atoms with Gasteiger partial charge in [0.25, 0.3) is 0 Å². The van der Waals surface area contributed by atoms with E-state index in [1.807, 2.05) is 12.2 Å². The third kappa shape index (κ3) is 44.0. The maximum atomic E-state index is 13.2. The minimum Gasteiger partial charge on any atom is -0.479 e. The summed E-state index contributed by atoms with van der Waals surface area (Å²) in [6.45, 7) is 5.78. The lowest BCUT2D eigenvalue weighted by Crippen LogP contribution is -2.61. The number of unbranched alkanes of at least 4 members (excludes halogenated alkanes) is 22. The van der Waals surface area contributed by atoms with E-state index in [4.69, 9.17) is 23.7 Å². The molecule has 0 aromatic carbocycles. The van der Waals surface area contributed by atoms with E-state index in [2.05, 4.69) is 106 Å². The molecule has 1 rings (SSSR count). The molecule has 0 spiro atoms. The van der Waals surface area contributed by atoms with E-state index in [0.717, 1.165) is 103 Å². The van der Waals surface area contributed by atoms with Crippen LogP contribution in [-0.2, 0) is 42.9 Å². The van der Waals surface area contributed by atoms with Crippen LogP contribution in [0.2, 0.25) is 0 Å². The van der Waals surface area contributed by atoms with Crippen LogP contribution in [0.1, 0.15) is 252 Å². The first-order valence-electron chi connectivity index (χ1n) is 31.2. The lowest BCUT2D eigenvalue weighted by atomic mass is 9.98. The molecule has 12 nitrogen and oxygen atoms in total. The molecule has 0 saturated carbocycles. The molecule has 1 aliphatic rings. The lowest BCUT2D eigenvalue weighted by molar-refractivity contribution is -0.301. The molecule has 1 aliphatic heterocycles. The van der Waals surface area contributed by atoms with Gasteiger partial charge in [-0.15, -0.1) is 0 Å². The molecule has 6 unspecified atom stereocenters. The number of hydrogen-bond acceptors (Lipinski definition) is 11. The number of rotatable bonds is 52. The molecule has 1 heterocycles. The molecule has 0 radical (unpaired) electrons. The SMILES string of the molecule is CC/C=C\C/C=C\C/C=C\C/C=C\C/C=C\C/C=C\CCC(=O)OCC(COC1OC(C(=O)O)C(O)C(O)C1OC(=O)CCCCCCCCCCCCC)OC(=O)CCCCCCCCCCC/C=C\C/C=C\CCCCC. The second-order valence-corrected chi connectivity index (χ2v) is 21.0. The summed E-state index contributed by atoms with van der Waals surface area (Å²) in [7, 11) is 0. The smallest absolute Gasteiger partial charge is 0.335 e. The monoisotopic (exact) mass is 1110 g/mol. The molecule has 3 N–H and O–H groups in total. The van der Waals surface area contributed by atoms with E-state index in [9.17, 15) is 34.5 Å². The first kappa shape index (κ1) is 72.7. The van der Waals surface area contributed by atoms with E-state index in [1.165, 1.54) is 89.9 Å². The second kappa shape index (κ2) is 54.2. The zero-order valence-electron chi connectivity index (χ0n) is 49.6. The summed E-state index contributed by atoms with van der Waals surface area (Å²) in [4.78, 5) is 51.2. The second-order valence-electron chi connectivity index (χ2n) is 21.0. The fourth-order valence-electron chi connectivity index (χ4n) is 8.89. The van der Waals surface area contributed by atoms with Gasteiger partial charge < -0.3 is 39.0 Å². The van der Waals surface area contributed by atoms with Gasteiger partial charge in [-0.1, -0.05) is 240 Å². The van der Waals surface area contributed by atoms with Crippen molar-refractivity contribution in [1.29, 1.82) is 0 Å². The number of hydrogen-bond donors (Lipinski definition) is 3. The van der Waals surface area contributed by atoms with E-state index in [0.29, 0.717) is 19.3 Å². The Morgan fingerprint density at radius 2 is 0.823 bits per heavy atom. The Balaban J connectivity index is 2.71. The third-order valence-corrected chi connectivity index (χ3v) is 13.7. The number of carbonyl (C=O) groups excluding carboxylic acids is 3. The molecule has 6 atom stereocenters. The Morgan fingerprint density at radius 1 is 0.430 bits per heavy atom. The van der Waals surface area contributed by atoms with Gasteiger partial charge in [-0.25, -0.2) is 4.79 Å². The van der Waals surface area contributed by atoms with Crippen LogP contribution in [0, 0.1) is 0 Å². The number of carbonyl (C=O) groups is 4. The van der Waals surface area contributed by atoms with Crippen molar-refractivity contribution in [3.63, 3.8) is 0 Å². The van der Waals surface area contributed by atoms with Crippen LogP contribution >= 0.6 is 0 Å². The standard InChI is InChI=1S/C67H110O12/c1-4-7-10-13-16-19-22-24-26-28-30-32-34-36-39-41-44-47-50-53-59(68)75-56-58(77-60(69)54-51-48-45-43-40-37-35-33-31-29-27-25-23-20-17-14-11-8-5-2)57-76-67-65(63(72)62(71)64(79-67)66(73)74)78-61(70)55-52-49-46-42-38-21-18-15-12-9-6-3/h7,10,16-17,19-20,24-27,30,32,36,39,44,47,58,62-65,67,71-72H,4-6,8-9,11-15,18,21-23,28-29,31,33-35,37-38,40-43,45-46,48-57H2,1-3H3,(H,73,74)/b10-7-,19-16-,20-17-,26-24-,27-25-,32-30-,39-36-,47-44-. The Bertz CT molecular complexity index is 1740. The van der Waals surface area contributed by atoms with Gasteiger partial charge in [-0.3, -0.25) is 14.4 Å². The number of ether oxygens (including phenoxy) is 5. The van der Waals surface area contributed by atoms with Crippen molar-refractivity contribution in [2.24, 2.45) is 0 Å². The van der Waals surface area contributed by atoms with Gasteiger partial charge in [0.2, 0.25) is 0 Å². The van der Waals surface area contributed by atoms with Crippen LogP contribution in [0.4, 0.5) is 0 Å². The van der Waals surface area contributed by atoms with Gasteiger partial charge in [0.15, 0.2) is 24.6 Å².